The van der Waals surface area contributed by atoms with Gasteiger partial charge in [0.25, 0.3) is 0 Å². The Labute approximate surface area is 193 Å². The van der Waals surface area contributed by atoms with Gasteiger partial charge in [0.15, 0.2) is 0 Å². The Hall–Kier alpha value is -2.97. The summed E-state index contributed by atoms with van der Waals surface area (Å²) in [5, 5.41) is 0. The lowest BCUT2D eigenvalue weighted by Crippen LogP contribution is -2.26. The highest BCUT2D eigenvalue weighted by atomic mass is 32.2. The molecule has 33 heavy (non-hydrogen) atoms. The van der Waals surface area contributed by atoms with Crippen LogP contribution >= 0.6 is 11.8 Å². The third kappa shape index (κ3) is 5.89. The molecule has 0 spiro atoms. The molecule has 11 heteroatoms. The zero-order chi connectivity index (χ0) is 24.4. The predicted molar refractivity (Wildman–Crippen MR) is 117 cm³/mol. The molecule has 0 amide bonds. The van der Waals surface area contributed by atoms with Crippen LogP contribution in [0.5, 0.6) is 0 Å². The predicted octanol–water partition coefficient (Wildman–Crippen LogP) is 4.75. The zero-order valence-electron chi connectivity index (χ0n) is 17.7. The third-order valence-corrected chi connectivity index (χ3v) is 6.37. The van der Waals surface area contributed by atoms with E-state index in [0.29, 0.717) is 16.2 Å². The summed E-state index contributed by atoms with van der Waals surface area (Å²) in [6.45, 7) is 5.37. The topological polar surface area (TPSA) is 82.6 Å². The number of aromatic nitrogens is 1. The summed E-state index contributed by atoms with van der Waals surface area (Å²) in [6, 6.07) is 7.79. The molecule has 0 saturated heterocycles. The van der Waals surface area contributed by atoms with Crippen molar-refractivity contribution in [3.8, 4) is 11.8 Å². The van der Waals surface area contributed by atoms with E-state index in [-0.39, 0.29) is 17.7 Å². The largest absolute Gasteiger partial charge is 0.534 e. The Morgan fingerprint density at radius 1 is 1.18 bits per heavy atom. The zero-order valence-corrected chi connectivity index (χ0v) is 19.3. The van der Waals surface area contributed by atoms with E-state index in [1.165, 1.54) is 42.2 Å². The first kappa shape index (κ1) is 24.7. The molecular formula is C22H18F3NO5S2. The third-order valence-electron chi connectivity index (χ3n) is 4.19. The van der Waals surface area contributed by atoms with Gasteiger partial charge < -0.3 is 8.92 Å². The standard InChI is InChI=1S/C22H18F3NO5S2/c1-4-30-20(27)15-7-9-16(26-13-15)8-5-14-6-10-19-17(11-14)18(12-21(2,3)32-19)31-33(28,29)22(23,24)25/h6-7,9-13H,4H2,1-3H3. The first-order chi connectivity index (χ1) is 15.3. The molecule has 0 unspecified atom stereocenters. The number of ether oxygens (including phenoxy) is 1. The minimum absolute atomic E-state index is 0.185. The fourth-order valence-corrected chi connectivity index (χ4v) is 4.38. The monoisotopic (exact) mass is 497 g/mol. The highest BCUT2D eigenvalue weighted by Gasteiger charge is 2.49. The first-order valence-corrected chi connectivity index (χ1v) is 11.8. The molecule has 2 heterocycles. The SMILES string of the molecule is CCOC(=O)c1ccc(C#Cc2ccc3c(c2)C(OS(=O)(=O)C(F)(F)F)=CC(C)(C)S3)nc1. The molecule has 0 N–H and O–H groups in total. The van der Waals surface area contributed by atoms with E-state index >= 15 is 0 Å². The minimum atomic E-state index is -5.84. The second-order valence-electron chi connectivity index (χ2n) is 7.31. The van der Waals surface area contributed by atoms with Crippen LogP contribution in [0.25, 0.3) is 5.76 Å². The molecule has 1 aliphatic heterocycles. The van der Waals surface area contributed by atoms with E-state index < -0.39 is 32.1 Å². The van der Waals surface area contributed by atoms with Crippen molar-refractivity contribution in [2.75, 3.05) is 6.61 Å². The summed E-state index contributed by atoms with van der Waals surface area (Å²) in [4.78, 5) is 16.3. The number of hydrogen-bond donors (Lipinski definition) is 0. The van der Waals surface area contributed by atoms with Gasteiger partial charge in [0, 0.05) is 27.0 Å². The molecular weight excluding hydrogens is 479 g/mol. The van der Waals surface area contributed by atoms with E-state index in [0.717, 1.165) is 0 Å². The quantitative estimate of drug-likeness (QED) is 0.261. The van der Waals surface area contributed by atoms with Crippen LogP contribution in [0.1, 0.15) is 48.0 Å². The second-order valence-corrected chi connectivity index (χ2v) is 10.5. The Balaban J connectivity index is 1.92. The Bertz CT molecular complexity index is 1270. The van der Waals surface area contributed by atoms with Gasteiger partial charge in [0.2, 0.25) is 0 Å². The summed E-state index contributed by atoms with van der Waals surface area (Å²) >= 11 is 1.35. The number of alkyl halides is 3. The van der Waals surface area contributed by atoms with Gasteiger partial charge in [-0.05, 0) is 63.1 Å². The average Bonchev–Trinajstić information content (AvgIpc) is 2.71. The van der Waals surface area contributed by atoms with Crippen LogP contribution in [-0.2, 0) is 19.0 Å². The maximum Gasteiger partial charge on any atom is 0.534 e. The van der Waals surface area contributed by atoms with Gasteiger partial charge in [0.1, 0.15) is 11.5 Å². The normalized spacial score (nSPS) is 14.9. The van der Waals surface area contributed by atoms with E-state index in [1.807, 2.05) is 0 Å². The Morgan fingerprint density at radius 3 is 2.52 bits per heavy atom. The summed E-state index contributed by atoms with van der Waals surface area (Å²) < 4.78 is 70.4. The lowest BCUT2D eigenvalue weighted by Gasteiger charge is -2.28. The van der Waals surface area contributed by atoms with Crippen LogP contribution < -0.4 is 0 Å². The van der Waals surface area contributed by atoms with Gasteiger partial charge in [-0.15, -0.1) is 11.8 Å². The van der Waals surface area contributed by atoms with E-state index in [4.69, 9.17) is 4.74 Å². The first-order valence-electron chi connectivity index (χ1n) is 9.53. The molecule has 2 aromatic rings. The fraction of sp³-hybridized carbons (Fsp3) is 0.273. The number of halogens is 3. The van der Waals surface area contributed by atoms with Crippen molar-refractivity contribution in [2.45, 2.75) is 35.9 Å². The Kier molecular flexibility index (Phi) is 6.81. The molecule has 0 fully saturated rings. The van der Waals surface area contributed by atoms with Crippen molar-refractivity contribution in [2.24, 2.45) is 0 Å². The summed E-state index contributed by atoms with van der Waals surface area (Å²) in [5.41, 5.74) is -4.34. The van der Waals surface area contributed by atoms with Crippen molar-refractivity contribution < 1.29 is 35.3 Å². The number of benzene rings is 1. The lowest BCUT2D eigenvalue weighted by atomic mass is 10.0. The number of rotatable bonds is 4. The lowest BCUT2D eigenvalue weighted by molar-refractivity contribution is -0.0509. The van der Waals surface area contributed by atoms with Gasteiger partial charge in [-0.3, -0.25) is 0 Å². The molecule has 0 saturated carbocycles. The summed E-state index contributed by atoms with van der Waals surface area (Å²) in [5.74, 6) is 4.70. The molecule has 1 aromatic heterocycles. The fourth-order valence-electron chi connectivity index (χ4n) is 2.77. The van der Waals surface area contributed by atoms with Crippen molar-refractivity contribution >= 4 is 33.6 Å². The summed E-state index contributed by atoms with van der Waals surface area (Å²) in [7, 11) is -5.84. The van der Waals surface area contributed by atoms with Crippen molar-refractivity contribution in [1.29, 1.82) is 0 Å². The molecule has 6 nitrogen and oxygen atoms in total. The molecule has 3 rings (SSSR count). The maximum atomic E-state index is 12.9. The Morgan fingerprint density at radius 2 is 1.91 bits per heavy atom. The number of fused-ring (bicyclic) bond motifs is 1. The van der Waals surface area contributed by atoms with E-state index in [9.17, 15) is 26.4 Å². The molecule has 0 bridgehead atoms. The number of hydrogen-bond acceptors (Lipinski definition) is 7. The molecule has 0 aliphatic carbocycles. The van der Waals surface area contributed by atoms with Crippen LogP contribution in [0.2, 0.25) is 0 Å². The van der Waals surface area contributed by atoms with Crippen LogP contribution in [-0.4, -0.2) is 36.2 Å². The van der Waals surface area contributed by atoms with Gasteiger partial charge in [-0.1, -0.05) is 5.92 Å². The smallest absolute Gasteiger partial charge is 0.462 e. The molecule has 1 aromatic carbocycles. The number of pyridine rings is 1. The van der Waals surface area contributed by atoms with Crippen LogP contribution in [0.4, 0.5) is 13.2 Å². The highest BCUT2D eigenvalue weighted by molar-refractivity contribution is 8.01. The average molecular weight is 498 g/mol. The number of carbonyl (C=O) groups excluding carboxylic acids is 1. The van der Waals surface area contributed by atoms with Crippen molar-refractivity contribution in [3.63, 3.8) is 0 Å². The minimum Gasteiger partial charge on any atom is -0.462 e. The second kappa shape index (κ2) is 9.11. The van der Waals surface area contributed by atoms with Gasteiger partial charge in [0.05, 0.1) is 12.2 Å². The maximum absolute atomic E-state index is 12.9. The number of carbonyl (C=O) groups is 1. The van der Waals surface area contributed by atoms with Crippen molar-refractivity contribution in [1.82, 2.24) is 4.98 Å². The van der Waals surface area contributed by atoms with Crippen LogP contribution in [0.15, 0.2) is 47.5 Å². The van der Waals surface area contributed by atoms with Crippen LogP contribution in [0, 0.1) is 11.8 Å². The van der Waals surface area contributed by atoms with E-state index in [2.05, 4.69) is 21.0 Å². The number of thioether (sulfide) groups is 1. The summed E-state index contributed by atoms with van der Waals surface area (Å²) in [6.07, 6.45) is 2.65. The van der Waals surface area contributed by atoms with E-state index in [1.54, 1.807) is 32.9 Å². The molecule has 174 valence electrons. The van der Waals surface area contributed by atoms with Gasteiger partial charge >= 0.3 is 21.6 Å². The number of nitrogens with zero attached hydrogens (tertiary/aromatic N) is 1. The van der Waals surface area contributed by atoms with Crippen LogP contribution in [0.3, 0.4) is 0 Å². The molecule has 1 aliphatic rings. The van der Waals surface area contributed by atoms with Crippen molar-refractivity contribution in [3.05, 3.63) is 65.0 Å². The number of esters is 1. The van der Waals surface area contributed by atoms with Gasteiger partial charge in [-0.25, -0.2) is 9.78 Å². The molecule has 0 radical (unpaired) electrons. The van der Waals surface area contributed by atoms with Gasteiger partial charge in [-0.2, -0.15) is 21.6 Å². The highest BCUT2D eigenvalue weighted by Crippen LogP contribution is 2.45. The molecule has 0 atom stereocenters.